The second-order valence-electron chi connectivity index (χ2n) is 3.62. The van der Waals surface area contributed by atoms with Gasteiger partial charge in [-0.3, -0.25) is 4.79 Å². The third-order valence-electron chi connectivity index (χ3n) is 2.09. The Kier molecular flexibility index (Phi) is 2.58. The summed E-state index contributed by atoms with van der Waals surface area (Å²) in [5.74, 6) is -0.878. The molecule has 0 aliphatic carbocycles. The lowest BCUT2D eigenvalue weighted by Gasteiger charge is -1.97. The molecule has 0 unspecified atom stereocenters. The number of hydrogen-bond acceptors (Lipinski definition) is 5. The first kappa shape index (κ1) is 11.5. The molecule has 0 radical (unpaired) electrons. The van der Waals surface area contributed by atoms with Crippen molar-refractivity contribution in [2.75, 3.05) is 6.26 Å². The monoisotopic (exact) mass is 254 g/mol. The first-order valence-corrected chi connectivity index (χ1v) is 6.59. The summed E-state index contributed by atoms with van der Waals surface area (Å²) in [7, 11) is -3.60. The van der Waals surface area contributed by atoms with Crippen LogP contribution in [0.1, 0.15) is 16.2 Å². The van der Waals surface area contributed by atoms with Gasteiger partial charge in [-0.1, -0.05) is 0 Å². The average molecular weight is 254 g/mol. The zero-order chi connectivity index (χ0) is 12.6. The largest absolute Gasteiger partial charge is 0.332 e. The SMILES string of the molecule is Cc1ccnc2nc(C(=O)NS(C)(=O)=O)[nH]c12. The van der Waals surface area contributed by atoms with Crippen molar-refractivity contribution in [2.45, 2.75) is 6.92 Å². The summed E-state index contributed by atoms with van der Waals surface area (Å²) in [4.78, 5) is 22.1. The molecule has 0 aliphatic rings. The number of carbonyl (C=O) groups is 1. The number of nitrogens with zero attached hydrogens (tertiary/aromatic N) is 2. The van der Waals surface area contributed by atoms with Crippen molar-refractivity contribution in [1.82, 2.24) is 19.7 Å². The Hall–Kier alpha value is -1.96. The molecule has 2 aromatic rings. The number of sulfonamides is 1. The molecule has 0 saturated carbocycles. The van der Waals surface area contributed by atoms with Crippen molar-refractivity contribution in [1.29, 1.82) is 0 Å². The summed E-state index contributed by atoms with van der Waals surface area (Å²) in [5, 5.41) is 0. The van der Waals surface area contributed by atoms with Crippen LogP contribution in [0.3, 0.4) is 0 Å². The molecule has 2 N–H and O–H groups in total. The van der Waals surface area contributed by atoms with Gasteiger partial charge in [0.2, 0.25) is 10.0 Å². The number of rotatable bonds is 2. The van der Waals surface area contributed by atoms with Crippen molar-refractivity contribution < 1.29 is 13.2 Å². The predicted molar refractivity (Wildman–Crippen MR) is 60.9 cm³/mol. The molecule has 7 nitrogen and oxygen atoms in total. The molecule has 1 amide bonds. The number of fused-ring (bicyclic) bond motifs is 1. The molecule has 2 rings (SSSR count). The second-order valence-corrected chi connectivity index (χ2v) is 5.36. The first-order chi connectivity index (χ1) is 7.87. The molecule has 17 heavy (non-hydrogen) atoms. The summed E-state index contributed by atoms with van der Waals surface area (Å²) in [6.45, 7) is 1.83. The van der Waals surface area contributed by atoms with E-state index in [0.29, 0.717) is 11.2 Å². The zero-order valence-corrected chi connectivity index (χ0v) is 10.00. The van der Waals surface area contributed by atoms with E-state index >= 15 is 0 Å². The highest BCUT2D eigenvalue weighted by Crippen LogP contribution is 2.12. The smallest absolute Gasteiger partial charge is 0.300 e. The number of aromatic amines is 1. The van der Waals surface area contributed by atoms with Gasteiger partial charge in [0.1, 0.15) is 0 Å². The van der Waals surface area contributed by atoms with Gasteiger partial charge in [-0.25, -0.2) is 23.1 Å². The van der Waals surface area contributed by atoms with Crippen LogP contribution in [0.5, 0.6) is 0 Å². The molecular weight excluding hydrogens is 244 g/mol. The Labute approximate surface area is 97.3 Å². The van der Waals surface area contributed by atoms with Crippen molar-refractivity contribution in [3.63, 3.8) is 0 Å². The number of pyridine rings is 1. The number of hydrogen-bond donors (Lipinski definition) is 2. The molecule has 8 heteroatoms. The normalized spacial score (nSPS) is 11.6. The maximum absolute atomic E-state index is 11.5. The maximum Gasteiger partial charge on any atom is 0.300 e. The van der Waals surface area contributed by atoms with E-state index in [4.69, 9.17) is 0 Å². The highest BCUT2D eigenvalue weighted by atomic mass is 32.2. The molecule has 90 valence electrons. The van der Waals surface area contributed by atoms with Crippen LogP contribution in [0, 0.1) is 6.92 Å². The lowest BCUT2D eigenvalue weighted by molar-refractivity contribution is 0.0973. The van der Waals surface area contributed by atoms with Gasteiger partial charge in [0, 0.05) is 6.20 Å². The molecule has 0 fully saturated rings. The number of H-pyrrole nitrogens is 1. The van der Waals surface area contributed by atoms with Gasteiger partial charge in [-0.15, -0.1) is 0 Å². The van der Waals surface area contributed by atoms with E-state index in [1.54, 1.807) is 12.3 Å². The van der Waals surface area contributed by atoms with E-state index in [9.17, 15) is 13.2 Å². The molecule has 0 bridgehead atoms. The third kappa shape index (κ3) is 2.41. The number of aryl methyl sites for hydroxylation is 1. The van der Waals surface area contributed by atoms with Crippen LogP contribution in [-0.4, -0.2) is 35.5 Å². The summed E-state index contributed by atoms with van der Waals surface area (Å²) in [6.07, 6.45) is 2.47. The maximum atomic E-state index is 11.5. The Morgan fingerprint density at radius 3 is 2.76 bits per heavy atom. The molecule has 0 aliphatic heterocycles. The van der Waals surface area contributed by atoms with E-state index in [1.165, 1.54) is 0 Å². The van der Waals surface area contributed by atoms with Gasteiger partial charge in [-0.2, -0.15) is 0 Å². The Balaban J connectivity index is 2.44. The van der Waals surface area contributed by atoms with Gasteiger partial charge < -0.3 is 4.98 Å². The minimum Gasteiger partial charge on any atom is -0.332 e. The van der Waals surface area contributed by atoms with E-state index in [-0.39, 0.29) is 5.82 Å². The number of imidazole rings is 1. The van der Waals surface area contributed by atoms with E-state index in [2.05, 4.69) is 15.0 Å². The Morgan fingerprint density at radius 2 is 2.18 bits per heavy atom. The number of nitrogens with one attached hydrogen (secondary N) is 2. The topological polar surface area (TPSA) is 105 Å². The number of carbonyl (C=O) groups excluding carboxylic acids is 1. The fourth-order valence-electron chi connectivity index (χ4n) is 1.36. The van der Waals surface area contributed by atoms with Crippen LogP contribution in [0.2, 0.25) is 0 Å². The molecular formula is C9H10N4O3S. The number of aromatic nitrogens is 3. The minimum atomic E-state index is -3.60. The highest BCUT2D eigenvalue weighted by Gasteiger charge is 2.16. The Bertz CT molecular complexity index is 689. The van der Waals surface area contributed by atoms with Gasteiger partial charge in [0.15, 0.2) is 11.5 Å². The van der Waals surface area contributed by atoms with Crippen molar-refractivity contribution in [2.24, 2.45) is 0 Å². The van der Waals surface area contributed by atoms with Crippen LogP contribution < -0.4 is 4.72 Å². The summed E-state index contributed by atoms with van der Waals surface area (Å²) in [6, 6.07) is 1.76. The van der Waals surface area contributed by atoms with Crippen LogP contribution in [0.15, 0.2) is 12.3 Å². The lowest BCUT2D eigenvalue weighted by atomic mass is 10.3. The third-order valence-corrected chi connectivity index (χ3v) is 2.65. The summed E-state index contributed by atoms with van der Waals surface area (Å²) < 4.78 is 23.6. The van der Waals surface area contributed by atoms with Crippen LogP contribution in [-0.2, 0) is 10.0 Å². The van der Waals surface area contributed by atoms with Crippen LogP contribution in [0.4, 0.5) is 0 Å². The van der Waals surface area contributed by atoms with Gasteiger partial charge >= 0.3 is 5.91 Å². The van der Waals surface area contributed by atoms with Gasteiger partial charge in [0.05, 0.1) is 11.8 Å². The van der Waals surface area contributed by atoms with E-state index in [1.807, 2.05) is 11.6 Å². The molecule has 0 atom stereocenters. The van der Waals surface area contributed by atoms with Crippen molar-refractivity contribution in [3.05, 3.63) is 23.7 Å². The van der Waals surface area contributed by atoms with Gasteiger partial charge in [-0.05, 0) is 18.6 Å². The summed E-state index contributed by atoms with van der Waals surface area (Å²) >= 11 is 0. The highest BCUT2D eigenvalue weighted by molar-refractivity contribution is 7.89. The molecule has 0 aromatic carbocycles. The first-order valence-electron chi connectivity index (χ1n) is 4.70. The fraction of sp³-hybridized carbons (Fsp3) is 0.222. The molecule has 2 heterocycles. The van der Waals surface area contributed by atoms with Crippen LogP contribution >= 0.6 is 0 Å². The number of amides is 1. The Morgan fingerprint density at radius 1 is 1.47 bits per heavy atom. The lowest BCUT2D eigenvalue weighted by Crippen LogP contribution is -2.30. The quantitative estimate of drug-likeness (QED) is 0.782. The second kappa shape index (κ2) is 3.81. The predicted octanol–water partition coefficient (Wildman–Crippen LogP) is -0.0443. The van der Waals surface area contributed by atoms with E-state index in [0.717, 1.165) is 11.8 Å². The van der Waals surface area contributed by atoms with Crippen molar-refractivity contribution in [3.8, 4) is 0 Å². The molecule has 0 spiro atoms. The molecule has 0 saturated heterocycles. The average Bonchev–Trinajstić information content (AvgIpc) is 2.60. The molecule has 2 aromatic heterocycles. The van der Waals surface area contributed by atoms with Crippen LogP contribution in [0.25, 0.3) is 11.2 Å². The van der Waals surface area contributed by atoms with Crippen molar-refractivity contribution >= 4 is 27.1 Å². The summed E-state index contributed by atoms with van der Waals surface area (Å²) in [5.41, 5.74) is 1.87. The minimum absolute atomic E-state index is 0.0766. The van der Waals surface area contributed by atoms with Gasteiger partial charge in [0.25, 0.3) is 0 Å². The standard InChI is InChI=1S/C9H10N4O3S/c1-5-3-4-10-7-6(5)11-8(12-7)9(14)13-17(2,15)16/h3-4H,1-2H3,(H,13,14)(H,10,11,12). The fourth-order valence-corrected chi connectivity index (χ4v) is 1.79. The van der Waals surface area contributed by atoms with E-state index < -0.39 is 15.9 Å². The zero-order valence-electron chi connectivity index (χ0n) is 9.18.